The number of rotatable bonds is 5. The van der Waals surface area contributed by atoms with Crippen LogP contribution < -0.4 is 10.1 Å². The lowest BCUT2D eigenvalue weighted by atomic mass is 10.2. The summed E-state index contributed by atoms with van der Waals surface area (Å²) in [5, 5.41) is 4.37. The summed E-state index contributed by atoms with van der Waals surface area (Å²) >= 11 is 14.1. The Morgan fingerprint density at radius 1 is 1.04 bits per heavy atom. The Morgan fingerprint density at radius 2 is 1.79 bits per heavy atom. The molecule has 0 aliphatic carbocycles. The zero-order valence-electron chi connectivity index (χ0n) is 14.5. The first-order valence-electron chi connectivity index (χ1n) is 8.43. The van der Waals surface area contributed by atoms with Gasteiger partial charge < -0.3 is 10.1 Å². The van der Waals surface area contributed by atoms with Gasteiger partial charge >= 0.3 is 0 Å². The first-order valence-corrected chi connectivity index (χ1v) is 10.00. The molecule has 28 heavy (non-hydrogen) atoms. The number of carbonyl (C=O) groups excluding carboxylic acids is 1. The van der Waals surface area contributed by atoms with Crippen molar-refractivity contribution >= 4 is 56.3 Å². The van der Waals surface area contributed by atoms with Crippen molar-refractivity contribution in [3.05, 3.63) is 76.8 Å². The predicted octanol–water partition coefficient (Wildman–Crippen LogP) is 6.29. The third-order valence-corrected chi connectivity index (χ3v) is 5.54. The number of para-hydroxylation sites is 2. The van der Waals surface area contributed by atoms with Gasteiger partial charge in [-0.3, -0.25) is 4.79 Å². The monoisotopic (exact) mass is 428 g/mol. The van der Waals surface area contributed by atoms with Crippen molar-refractivity contribution in [2.75, 3.05) is 11.9 Å². The number of fused-ring (bicyclic) bond motifs is 1. The average molecular weight is 429 g/mol. The molecule has 1 N–H and O–H groups in total. The summed E-state index contributed by atoms with van der Waals surface area (Å²) in [7, 11) is 0. The van der Waals surface area contributed by atoms with Crippen molar-refractivity contribution in [3.8, 4) is 16.3 Å². The summed E-state index contributed by atoms with van der Waals surface area (Å²) in [5.74, 6) is 0.293. The van der Waals surface area contributed by atoms with Crippen molar-refractivity contribution in [2.45, 2.75) is 0 Å². The number of halogens is 2. The van der Waals surface area contributed by atoms with Crippen LogP contribution in [0, 0.1) is 0 Å². The first kappa shape index (κ1) is 18.7. The summed E-state index contributed by atoms with van der Waals surface area (Å²) in [6, 6.07) is 20.3. The van der Waals surface area contributed by atoms with Gasteiger partial charge in [0.05, 0.1) is 20.9 Å². The van der Waals surface area contributed by atoms with E-state index in [0.717, 1.165) is 15.2 Å². The molecule has 4 rings (SSSR count). The van der Waals surface area contributed by atoms with Gasteiger partial charge in [0.15, 0.2) is 6.61 Å². The topological polar surface area (TPSA) is 51.2 Å². The van der Waals surface area contributed by atoms with Crippen LogP contribution in [0.5, 0.6) is 5.75 Å². The number of ether oxygens (including phenoxy) is 1. The van der Waals surface area contributed by atoms with E-state index in [9.17, 15) is 4.79 Å². The second-order valence-electron chi connectivity index (χ2n) is 5.95. The SMILES string of the molecule is O=C(COc1ccccc1)Nc1c(Cl)cc(Cl)cc1-c1nc2ccccc2s1. The fraction of sp³-hybridized carbons (Fsp3) is 0.0476. The Labute approximate surface area is 175 Å². The van der Waals surface area contributed by atoms with Crippen LogP contribution in [0.2, 0.25) is 10.0 Å². The standard InChI is InChI=1S/C21H14Cl2N2O2S/c22-13-10-15(21-24-17-8-4-5-9-18(17)28-21)20(16(23)11-13)25-19(26)12-27-14-6-2-1-3-7-14/h1-11H,12H2,(H,25,26). The minimum absolute atomic E-state index is 0.137. The largest absolute Gasteiger partial charge is 0.484 e. The molecule has 0 atom stereocenters. The van der Waals surface area contributed by atoms with E-state index in [1.165, 1.54) is 11.3 Å². The second-order valence-corrected chi connectivity index (χ2v) is 7.82. The van der Waals surface area contributed by atoms with Gasteiger partial charge in [-0.05, 0) is 36.4 Å². The predicted molar refractivity (Wildman–Crippen MR) is 116 cm³/mol. The normalized spacial score (nSPS) is 10.8. The smallest absolute Gasteiger partial charge is 0.262 e. The molecule has 0 radical (unpaired) electrons. The van der Waals surface area contributed by atoms with Gasteiger partial charge in [-0.15, -0.1) is 11.3 Å². The molecule has 7 heteroatoms. The van der Waals surface area contributed by atoms with Gasteiger partial charge in [0.25, 0.3) is 5.91 Å². The minimum atomic E-state index is -0.324. The third kappa shape index (κ3) is 4.12. The molecule has 1 heterocycles. The molecular weight excluding hydrogens is 415 g/mol. The van der Waals surface area contributed by atoms with Crippen LogP contribution in [0.3, 0.4) is 0 Å². The first-order chi connectivity index (χ1) is 13.6. The van der Waals surface area contributed by atoms with E-state index in [0.29, 0.717) is 27.0 Å². The molecule has 1 aromatic heterocycles. The van der Waals surface area contributed by atoms with Crippen LogP contribution >= 0.6 is 34.5 Å². The number of nitrogens with zero attached hydrogens (tertiary/aromatic N) is 1. The molecular formula is C21H14Cl2N2O2S. The Bertz CT molecular complexity index is 1110. The van der Waals surface area contributed by atoms with Crippen molar-refractivity contribution in [1.82, 2.24) is 4.98 Å². The minimum Gasteiger partial charge on any atom is -0.484 e. The number of benzene rings is 3. The number of hydrogen-bond donors (Lipinski definition) is 1. The van der Waals surface area contributed by atoms with E-state index in [2.05, 4.69) is 10.3 Å². The van der Waals surface area contributed by atoms with Crippen molar-refractivity contribution in [2.24, 2.45) is 0 Å². The second kappa shape index (κ2) is 8.19. The molecule has 0 spiro atoms. The Hall–Kier alpha value is -2.60. The maximum atomic E-state index is 12.4. The maximum absolute atomic E-state index is 12.4. The number of amides is 1. The van der Waals surface area contributed by atoms with E-state index in [-0.39, 0.29) is 12.5 Å². The molecule has 4 nitrogen and oxygen atoms in total. The van der Waals surface area contributed by atoms with Crippen LogP contribution in [0.15, 0.2) is 66.7 Å². The van der Waals surface area contributed by atoms with E-state index in [4.69, 9.17) is 27.9 Å². The number of anilines is 1. The number of carbonyl (C=O) groups is 1. The maximum Gasteiger partial charge on any atom is 0.262 e. The zero-order valence-corrected chi connectivity index (χ0v) is 16.8. The third-order valence-electron chi connectivity index (χ3n) is 3.96. The van der Waals surface area contributed by atoms with Gasteiger partial charge in [-0.1, -0.05) is 53.5 Å². The molecule has 0 aliphatic rings. The number of nitrogens with one attached hydrogen (secondary N) is 1. The van der Waals surface area contributed by atoms with Crippen LogP contribution in [-0.4, -0.2) is 17.5 Å². The van der Waals surface area contributed by atoms with Crippen molar-refractivity contribution < 1.29 is 9.53 Å². The number of hydrogen-bond acceptors (Lipinski definition) is 4. The van der Waals surface area contributed by atoms with E-state index >= 15 is 0 Å². The van der Waals surface area contributed by atoms with Crippen LogP contribution in [-0.2, 0) is 4.79 Å². The highest BCUT2D eigenvalue weighted by molar-refractivity contribution is 7.21. The molecule has 3 aromatic carbocycles. The number of aromatic nitrogens is 1. The van der Waals surface area contributed by atoms with Gasteiger partial charge in [0, 0.05) is 10.6 Å². The summed E-state index contributed by atoms with van der Waals surface area (Å²) in [6.45, 7) is -0.137. The Morgan fingerprint density at radius 3 is 2.57 bits per heavy atom. The molecule has 0 saturated heterocycles. The lowest BCUT2D eigenvalue weighted by molar-refractivity contribution is -0.118. The lowest BCUT2D eigenvalue weighted by Gasteiger charge is -2.13. The molecule has 0 aliphatic heterocycles. The van der Waals surface area contributed by atoms with Crippen LogP contribution in [0.25, 0.3) is 20.8 Å². The van der Waals surface area contributed by atoms with Crippen LogP contribution in [0.1, 0.15) is 0 Å². The van der Waals surface area contributed by atoms with E-state index in [1.54, 1.807) is 24.3 Å². The highest BCUT2D eigenvalue weighted by atomic mass is 35.5. The molecule has 0 unspecified atom stereocenters. The van der Waals surface area contributed by atoms with Gasteiger partial charge in [0.2, 0.25) is 0 Å². The van der Waals surface area contributed by atoms with Crippen LogP contribution in [0.4, 0.5) is 5.69 Å². The van der Waals surface area contributed by atoms with E-state index in [1.807, 2.05) is 42.5 Å². The summed E-state index contributed by atoms with van der Waals surface area (Å²) in [6.07, 6.45) is 0. The summed E-state index contributed by atoms with van der Waals surface area (Å²) in [4.78, 5) is 17.1. The van der Waals surface area contributed by atoms with E-state index < -0.39 is 0 Å². The fourth-order valence-electron chi connectivity index (χ4n) is 2.70. The summed E-state index contributed by atoms with van der Waals surface area (Å²) < 4.78 is 6.54. The number of thiazole rings is 1. The van der Waals surface area contributed by atoms with Gasteiger partial charge in [-0.2, -0.15) is 0 Å². The quantitative estimate of drug-likeness (QED) is 0.406. The molecule has 1 amide bonds. The molecule has 0 fully saturated rings. The Kier molecular flexibility index (Phi) is 5.48. The molecule has 0 saturated carbocycles. The van der Waals surface area contributed by atoms with Gasteiger partial charge in [-0.25, -0.2) is 4.98 Å². The highest BCUT2D eigenvalue weighted by Gasteiger charge is 2.17. The fourth-order valence-corrected chi connectivity index (χ4v) is 4.23. The van der Waals surface area contributed by atoms with Gasteiger partial charge in [0.1, 0.15) is 10.8 Å². The Balaban J connectivity index is 1.62. The molecule has 0 bridgehead atoms. The highest BCUT2D eigenvalue weighted by Crippen LogP contribution is 2.40. The average Bonchev–Trinajstić information content (AvgIpc) is 3.13. The summed E-state index contributed by atoms with van der Waals surface area (Å²) in [5.41, 5.74) is 2.02. The molecule has 4 aromatic rings. The van der Waals surface area contributed by atoms with Crippen molar-refractivity contribution in [1.29, 1.82) is 0 Å². The lowest BCUT2D eigenvalue weighted by Crippen LogP contribution is -2.20. The van der Waals surface area contributed by atoms with Crippen molar-refractivity contribution in [3.63, 3.8) is 0 Å². The zero-order chi connectivity index (χ0) is 19.5. The molecule has 140 valence electrons.